The van der Waals surface area contributed by atoms with Crippen molar-refractivity contribution in [2.24, 2.45) is 5.73 Å². The Morgan fingerprint density at radius 1 is 0.816 bits per heavy atom. The molecule has 2 amide bonds. The number of aromatic amines is 1. The molecule has 4 aromatic rings. The second-order valence-corrected chi connectivity index (χ2v) is 9.24. The molecule has 38 heavy (non-hydrogen) atoms. The van der Waals surface area contributed by atoms with E-state index in [1.807, 2.05) is 78.9 Å². The van der Waals surface area contributed by atoms with Crippen molar-refractivity contribution in [2.45, 2.75) is 37.8 Å². The zero-order chi connectivity index (χ0) is 26.9. The Labute approximate surface area is 221 Å². The van der Waals surface area contributed by atoms with Gasteiger partial charge in [0.05, 0.1) is 0 Å². The number of amides is 2. The molecule has 8 nitrogen and oxygen atoms in total. The van der Waals surface area contributed by atoms with E-state index in [-0.39, 0.29) is 25.2 Å². The molecule has 0 radical (unpaired) electrons. The first-order valence-electron chi connectivity index (χ1n) is 12.7. The van der Waals surface area contributed by atoms with Crippen LogP contribution in [-0.4, -0.2) is 46.5 Å². The lowest BCUT2D eigenvalue weighted by atomic mass is 10.00. The molecule has 1 heterocycles. The summed E-state index contributed by atoms with van der Waals surface area (Å²) in [7, 11) is 0. The Balaban J connectivity index is 1.49. The molecule has 0 saturated carbocycles. The Hall–Kier alpha value is -4.43. The predicted molar refractivity (Wildman–Crippen MR) is 147 cm³/mol. The molecular weight excluding hydrogens is 480 g/mol. The molecule has 0 unspecified atom stereocenters. The molecule has 0 aliphatic rings. The zero-order valence-corrected chi connectivity index (χ0v) is 21.0. The van der Waals surface area contributed by atoms with Crippen molar-refractivity contribution in [1.29, 1.82) is 0 Å². The van der Waals surface area contributed by atoms with Crippen LogP contribution in [0.25, 0.3) is 22.0 Å². The van der Waals surface area contributed by atoms with Gasteiger partial charge in [-0.3, -0.25) is 9.59 Å². The number of hydrogen-bond donors (Lipinski definition) is 5. The molecule has 0 bridgehead atoms. The minimum Gasteiger partial charge on any atom is -0.480 e. The van der Waals surface area contributed by atoms with E-state index in [0.29, 0.717) is 13.0 Å². The molecular formula is C30H32N4O4. The third kappa shape index (κ3) is 6.86. The van der Waals surface area contributed by atoms with Gasteiger partial charge in [-0.05, 0) is 41.3 Å². The van der Waals surface area contributed by atoms with Crippen LogP contribution >= 0.6 is 0 Å². The van der Waals surface area contributed by atoms with E-state index in [1.54, 1.807) is 6.20 Å². The first-order chi connectivity index (χ1) is 18.4. The predicted octanol–water partition coefficient (Wildman–Crippen LogP) is 3.41. The highest BCUT2D eigenvalue weighted by Crippen LogP contribution is 2.21. The van der Waals surface area contributed by atoms with Crippen molar-refractivity contribution < 1.29 is 19.5 Å². The van der Waals surface area contributed by atoms with Gasteiger partial charge >= 0.3 is 5.97 Å². The lowest BCUT2D eigenvalue weighted by Gasteiger charge is -2.22. The second-order valence-electron chi connectivity index (χ2n) is 9.24. The fourth-order valence-corrected chi connectivity index (χ4v) is 4.43. The Kier molecular flexibility index (Phi) is 8.89. The molecule has 0 aliphatic carbocycles. The van der Waals surface area contributed by atoms with Gasteiger partial charge in [-0.1, -0.05) is 72.8 Å². The van der Waals surface area contributed by atoms with Crippen LogP contribution in [-0.2, 0) is 27.2 Å². The quantitative estimate of drug-likeness (QED) is 0.198. The highest BCUT2D eigenvalue weighted by atomic mass is 16.4. The van der Waals surface area contributed by atoms with Crippen LogP contribution in [0.3, 0.4) is 0 Å². The normalized spacial score (nSPS) is 12.6. The van der Waals surface area contributed by atoms with Gasteiger partial charge in [-0.15, -0.1) is 0 Å². The summed E-state index contributed by atoms with van der Waals surface area (Å²) >= 11 is 0. The summed E-state index contributed by atoms with van der Waals surface area (Å²) in [5.41, 5.74) is 10.1. The Morgan fingerprint density at radius 3 is 2.21 bits per heavy atom. The second kappa shape index (κ2) is 12.7. The number of H-pyrrole nitrogens is 1. The highest BCUT2D eigenvalue weighted by molar-refractivity contribution is 5.92. The molecule has 2 atom stereocenters. The number of nitrogens with one attached hydrogen (secondary N) is 3. The number of rotatable bonds is 12. The third-order valence-corrected chi connectivity index (χ3v) is 6.47. The average Bonchev–Trinajstić information content (AvgIpc) is 3.34. The average molecular weight is 513 g/mol. The fraction of sp³-hybridized carbons (Fsp3) is 0.233. The first kappa shape index (κ1) is 26.6. The molecule has 0 spiro atoms. The molecule has 0 saturated heterocycles. The van der Waals surface area contributed by atoms with Gasteiger partial charge in [0, 0.05) is 36.4 Å². The molecule has 3 aromatic carbocycles. The van der Waals surface area contributed by atoms with Crippen molar-refractivity contribution in [3.05, 3.63) is 96.2 Å². The van der Waals surface area contributed by atoms with Crippen LogP contribution in [0.1, 0.15) is 24.0 Å². The van der Waals surface area contributed by atoms with Crippen LogP contribution in [0.2, 0.25) is 0 Å². The van der Waals surface area contributed by atoms with Gasteiger partial charge in [-0.25, -0.2) is 4.79 Å². The lowest BCUT2D eigenvalue weighted by molar-refractivity contribution is -0.142. The van der Waals surface area contributed by atoms with E-state index in [4.69, 9.17) is 5.73 Å². The number of carbonyl (C=O) groups excluding carboxylic acids is 2. The van der Waals surface area contributed by atoms with Crippen LogP contribution < -0.4 is 16.4 Å². The van der Waals surface area contributed by atoms with Gasteiger partial charge in [0.1, 0.15) is 12.1 Å². The summed E-state index contributed by atoms with van der Waals surface area (Å²) < 4.78 is 0. The summed E-state index contributed by atoms with van der Waals surface area (Å²) in [6.07, 6.45) is 2.80. The topological polar surface area (TPSA) is 137 Å². The smallest absolute Gasteiger partial charge is 0.326 e. The molecule has 196 valence electrons. The molecule has 0 aliphatic heterocycles. The van der Waals surface area contributed by atoms with E-state index >= 15 is 0 Å². The minimum absolute atomic E-state index is 0.108. The summed E-state index contributed by atoms with van der Waals surface area (Å²) in [5, 5.41) is 16.2. The number of aliphatic carboxylic acids is 1. The SMILES string of the molecule is NCCCC(=O)N[C@@H](Cc1c[nH]c2ccccc12)C(=O)N[C@@H](Cc1ccc(-c2ccccc2)cc1)C(=O)O. The van der Waals surface area contributed by atoms with E-state index in [1.165, 1.54) is 0 Å². The fourth-order valence-electron chi connectivity index (χ4n) is 4.43. The number of nitrogens with two attached hydrogens (primary N) is 1. The van der Waals surface area contributed by atoms with Crippen molar-refractivity contribution >= 4 is 28.7 Å². The Morgan fingerprint density at radius 2 is 1.50 bits per heavy atom. The standard InChI is InChI=1S/C30H32N4O4/c31-16-6-11-28(35)33-26(18-23-19-32-25-10-5-4-9-24(23)25)29(36)34-27(30(37)38)17-20-12-14-22(15-13-20)21-7-2-1-3-8-21/h1-5,7-10,12-15,19,26-27,32H,6,11,16-18,31H2,(H,33,35)(H,34,36)(H,37,38)/t26-,27-/m0/s1. The lowest BCUT2D eigenvalue weighted by Crippen LogP contribution is -2.53. The summed E-state index contributed by atoms with van der Waals surface area (Å²) in [6, 6.07) is 23.0. The molecule has 1 aromatic heterocycles. The molecule has 4 rings (SSSR count). The molecule has 8 heteroatoms. The minimum atomic E-state index is -1.16. The van der Waals surface area contributed by atoms with Gasteiger partial charge in [0.2, 0.25) is 11.8 Å². The van der Waals surface area contributed by atoms with E-state index in [9.17, 15) is 19.5 Å². The number of carboxylic acid groups (broad SMARTS) is 1. The third-order valence-electron chi connectivity index (χ3n) is 6.47. The first-order valence-corrected chi connectivity index (χ1v) is 12.7. The maximum atomic E-state index is 13.3. The van der Waals surface area contributed by atoms with Crippen LogP contribution in [0, 0.1) is 0 Å². The summed E-state index contributed by atoms with van der Waals surface area (Å²) in [4.78, 5) is 41.1. The number of carboxylic acids is 1. The van der Waals surface area contributed by atoms with Crippen molar-refractivity contribution in [2.75, 3.05) is 6.54 Å². The maximum Gasteiger partial charge on any atom is 0.326 e. The maximum absolute atomic E-state index is 13.3. The Bertz CT molecular complexity index is 1380. The van der Waals surface area contributed by atoms with Gasteiger partial charge in [0.15, 0.2) is 0 Å². The monoisotopic (exact) mass is 512 g/mol. The van der Waals surface area contributed by atoms with E-state index < -0.39 is 24.0 Å². The van der Waals surface area contributed by atoms with Gasteiger partial charge in [0.25, 0.3) is 0 Å². The number of fused-ring (bicyclic) bond motifs is 1. The van der Waals surface area contributed by atoms with Gasteiger partial charge < -0.3 is 26.5 Å². The molecule has 6 N–H and O–H groups in total. The van der Waals surface area contributed by atoms with Crippen molar-refractivity contribution in [1.82, 2.24) is 15.6 Å². The van der Waals surface area contributed by atoms with Crippen LogP contribution in [0.4, 0.5) is 0 Å². The summed E-state index contributed by atoms with van der Waals surface area (Å²) in [5.74, 6) is -2.01. The largest absolute Gasteiger partial charge is 0.480 e. The number of para-hydroxylation sites is 1. The van der Waals surface area contributed by atoms with Gasteiger partial charge in [-0.2, -0.15) is 0 Å². The number of aromatic nitrogens is 1. The van der Waals surface area contributed by atoms with Crippen molar-refractivity contribution in [3.63, 3.8) is 0 Å². The molecule has 0 fully saturated rings. The summed E-state index contributed by atoms with van der Waals surface area (Å²) in [6.45, 7) is 0.358. The number of hydrogen-bond acceptors (Lipinski definition) is 4. The number of carbonyl (C=O) groups is 3. The van der Waals surface area contributed by atoms with Crippen LogP contribution in [0.5, 0.6) is 0 Å². The van der Waals surface area contributed by atoms with Crippen molar-refractivity contribution in [3.8, 4) is 11.1 Å². The van der Waals surface area contributed by atoms with E-state index in [0.717, 1.165) is 33.2 Å². The highest BCUT2D eigenvalue weighted by Gasteiger charge is 2.27. The van der Waals surface area contributed by atoms with E-state index in [2.05, 4.69) is 15.6 Å². The zero-order valence-electron chi connectivity index (χ0n) is 21.0. The van der Waals surface area contributed by atoms with Crippen LogP contribution in [0.15, 0.2) is 85.1 Å². The number of benzene rings is 3.